The Kier molecular flexibility index (Phi) is 6.77. The van der Waals surface area contributed by atoms with E-state index in [0.717, 1.165) is 5.56 Å². The van der Waals surface area contributed by atoms with Crippen molar-refractivity contribution < 1.29 is 18.0 Å². The van der Waals surface area contributed by atoms with Gasteiger partial charge in [-0.1, -0.05) is 36.4 Å². The lowest BCUT2D eigenvalue weighted by molar-refractivity contribution is -0.124. The van der Waals surface area contributed by atoms with Crippen molar-refractivity contribution in [3.63, 3.8) is 0 Å². The first-order valence-electron chi connectivity index (χ1n) is 11.0. The van der Waals surface area contributed by atoms with E-state index in [9.17, 15) is 18.0 Å². The highest BCUT2D eigenvalue weighted by Gasteiger charge is 2.38. The molecule has 2 aromatic carbocycles. The normalized spacial score (nSPS) is 19.0. The van der Waals surface area contributed by atoms with E-state index in [0.29, 0.717) is 32.4 Å². The average Bonchev–Trinajstić information content (AvgIpc) is 3.28. The molecule has 2 aliphatic heterocycles. The van der Waals surface area contributed by atoms with Gasteiger partial charge >= 0.3 is 0 Å². The van der Waals surface area contributed by atoms with Gasteiger partial charge in [-0.2, -0.15) is 9.57 Å². The number of amides is 2. The number of benzene rings is 2. The fourth-order valence-corrected chi connectivity index (χ4v) is 5.77. The van der Waals surface area contributed by atoms with Gasteiger partial charge in [0.05, 0.1) is 16.9 Å². The Morgan fingerprint density at radius 3 is 2.58 bits per heavy atom. The van der Waals surface area contributed by atoms with Crippen molar-refractivity contribution >= 4 is 21.8 Å². The van der Waals surface area contributed by atoms with Crippen molar-refractivity contribution in [1.29, 1.82) is 5.26 Å². The predicted molar refractivity (Wildman–Crippen MR) is 122 cm³/mol. The molecule has 33 heavy (non-hydrogen) atoms. The van der Waals surface area contributed by atoms with Gasteiger partial charge in [-0.05, 0) is 43.0 Å². The molecule has 2 saturated heterocycles. The molecule has 2 aromatic rings. The van der Waals surface area contributed by atoms with Gasteiger partial charge in [-0.25, -0.2) is 8.42 Å². The van der Waals surface area contributed by atoms with E-state index in [2.05, 4.69) is 11.4 Å². The molecule has 0 aliphatic carbocycles. The minimum Gasteiger partial charge on any atom is -0.354 e. The molecule has 4 rings (SSSR count). The number of sulfonamides is 1. The van der Waals surface area contributed by atoms with Crippen molar-refractivity contribution in [2.75, 3.05) is 26.2 Å². The lowest BCUT2D eigenvalue weighted by Crippen LogP contribution is -2.49. The maximum atomic E-state index is 13.2. The summed E-state index contributed by atoms with van der Waals surface area (Å²) >= 11 is 0. The lowest BCUT2D eigenvalue weighted by Gasteiger charge is -2.34. The third kappa shape index (κ3) is 4.92. The molecule has 2 aliphatic rings. The van der Waals surface area contributed by atoms with E-state index < -0.39 is 16.1 Å². The van der Waals surface area contributed by atoms with Crippen molar-refractivity contribution in [2.24, 2.45) is 5.92 Å². The summed E-state index contributed by atoms with van der Waals surface area (Å²) < 4.78 is 26.9. The minimum atomic E-state index is -3.76. The standard InChI is InChI=1S/C24H26N4O4S/c25-15-19-16-27(17-19)33(31,32)21-9-4-8-20(14-21)24(30)28-13-5-10-22(28)23(29)26-12-11-18-6-2-1-3-7-18/h1-4,6-9,14,19,22H,5,10-13,16-17H2,(H,26,29)/t22-/m1/s1. The van der Waals surface area contributed by atoms with Gasteiger partial charge in [0.1, 0.15) is 6.04 Å². The zero-order chi connectivity index (χ0) is 23.4. The SMILES string of the molecule is N#CC1CN(S(=O)(=O)c2cccc(C(=O)N3CCC[C@@H]3C(=O)NCCc3ccccc3)c2)C1. The number of carbonyl (C=O) groups excluding carboxylic acids is 2. The van der Waals surface area contributed by atoms with Crippen molar-refractivity contribution in [3.05, 3.63) is 65.7 Å². The maximum absolute atomic E-state index is 13.2. The number of nitrogens with one attached hydrogen (secondary N) is 1. The van der Waals surface area contributed by atoms with E-state index in [4.69, 9.17) is 5.26 Å². The molecule has 2 fully saturated rings. The highest BCUT2D eigenvalue weighted by molar-refractivity contribution is 7.89. The quantitative estimate of drug-likeness (QED) is 0.669. The van der Waals surface area contributed by atoms with Gasteiger partial charge in [0.25, 0.3) is 5.91 Å². The molecule has 0 saturated carbocycles. The van der Waals surface area contributed by atoms with Crippen LogP contribution in [0, 0.1) is 17.2 Å². The molecular formula is C24H26N4O4S. The van der Waals surface area contributed by atoms with Gasteiger partial charge in [-0.15, -0.1) is 0 Å². The minimum absolute atomic E-state index is 0.0211. The Balaban J connectivity index is 1.41. The topological polar surface area (TPSA) is 111 Å². The predicted octanol–water partition coefficient (Wildman–Crippen LogP) is 1.79. The second-order valence-corrected chi connectivity index (χ2v) is 10.3. The molecule has 2 heterocycles. The Hall–Kier alpha value is -3.22. The van der Waals surface area contributed by atoms with Crippen LogP contribution in [0.3, 0.4) is 0 Å². The highest BCUT2D eigenvalue weighted by Crippen LogP contribution is 2.26. The van der Waals surface area contributed by atoms with Gasteiger partial charge < -0.3 is 10.2 Å². The van der Waals surface area contributed by atoms with Crippen LogP contribution in [0.5, 0.6) is 0 Å². The smallest absolute Gasteiger partial charge is 0.254 e. The van der Waals surface area contributed by atoms with Crippen molar-refractivity contribution in [2.45, 2.75) is 30.2 Å². The summed E-state index contributed by atoms with van der Waals surface area (Å²) in [7, 11) is -3.76. The summed E-state index contributed by atoms with van der Waals surface area (Å²) in [6, 6.07) is 17.2. The molecule has 0 spiro atoms. The molecule has 8 nitrogen and oxygen atoms in total. The number of carbonyl (C=O) groups is 2. The second kappa shape index (κ2) is 9.73. The highest BCUT2D eigenvalue weighted by atomic mass is 32.2. The first kappa shape index (κ1) is 23.0. The molecule has 172 valence electrons. The van der Waals surface area contributed by atoms with Crippen LogP contribution in [-0.2, 0) is 21.2 Å². The molecule has 1 N–H and O–H groups in total. The summed E-state index contributed by atoms with van der Waals surface area (Å²) in [6.45, 7) is 1.25. The number of hydrogen-bond donors (Lipinski definition) is 1. The molecule has 0 aromatic heterocycles. The summed E-state index contributed by atoms with van der Waals surface area (Å²) in [6.07, 6.45) is 1.99. The van der Waals surface area contributed by atoms with Crippen LogP contribution in [0.25, 0.3) is 0 Å². The zero-order valence-corrected chi connectivity index (χ0v) is 19.0. The molecule has 0 unspecified atom stereocenters. The summed E-state index contributed by atoms with van der Waals surface area (Å²) in [5.41, 5.74) is 1.36. The Morgan fingerprint density at radius 2 is 1.85 bits per heavy atom. The molecule has 0 radical (unpaired) electrons. The van der Waals surface area contributed by atoms with Gasteiger partial charge in [0.2, 0.25) is 15.9 Å². The maximum Gasteiger partial charge on any atom is 0.254 e. The molecule has 0 bridgehead atoms. The Bertz CT molecular complexity index is 1170. The van der Waals surface area contributed by atoms with Crippen LogP contribution in [0.1, 0.15) is 28.8 Å². The van der Waals surface area contributed by atoms with Gasteiger partial charge in [0.15, 0.2) is 0 Å². The van der Waals surface area contributed by atoms with Crippen LogP contribution >= 0.6 is 0 Å². The average molecular weight is 467 g/mol. The Labute approximate surface area is 193 Å². The second-order valence-electron chi connectivity index (χ2n) is 8.36. The molecule has 1 atom stereocenters. The van der Waals surface area contributed by atoms with Gasteiger partial charge in [0, 0.05) is 31.7 Å². The van der Waals surface area contributed by atoms with E-state index in [1.54, 1.807) is 6.07 Å². The summed E-state index contributed by atoms with van der Waals surface area (Å²) in [5, 5.41) is 11.8. The third-order valence-electron chi connectivity index (χ3n) is 6.12. The number of rotatable bonds is 7. The third-order valence-corrected chi connectivity index (χ3v) is 7.95. The number of nitriles is 1. The van der Waals surface area contributed by atoms with Crippen LogP contribution in [0.2, 0.25) is 0 Å². The number of likely N-dealkylation sites (tertiary alicyclic amines) is 1. The first-order valence-corrected chi connectivity index (χ1v) is 12.5. The van der Waals surface area contributed by atoms with E-state index in [-0.39, 0.29) is 41.3 Å². The van der Waals surface area contributed by atoms with E-state index >= 15 is 0 Å². The van der Waals surface area contributed by atoms with Crippen LogP contribution in [-0.4, -0.2) is 61.7 Å². The largest absolute Gasteiger partial charge is 0.354 e. The van der Waals surface area contributed by atoms with Crippen molar-refractivity contribution in [3.8, 4) is 6.07 Å². The zero-order valence-electron chi connectivity index (χ0n) is 18.2. The number of hydrogen-bond acceptors (Lipinski definition) is 5. The molecule has 2 amide bonds. The molecule has 9 heteroatoms. The van der Waals surface area contributed by atoms with Crippen molar-refractivity contribution in [1.82, 2.24) is 14.5 Å². The van der Waals surface area contributed by atoms with Gasteiger partial charge in [-0.3, -0.25) is 9.59 Å². The van der Waals surface area contributed by atoms with Crippen LogP contribution in [0.15, 0.2) is 59.5 Å². The fraction of sp³-hybridized carbons (Fsp3) is 0.375. The van der Waals surface area contributed by atoms with Crippen LogP contribution < -0.4 is 5.32 Å². The number of nitrogens with zero attached hydrogens (tertiary/aromatic N) is 3. The lowest BCUT2D eigenvalue weighted by atomic mass is 10.1. The summed E-state index contributed by atoms with van der Waals surface area (Å²) in [4.78, 5) is 27.5. The van der Waals surface area contributed by atoms with E-state index in [1.165, 1.54) is 27.4 Å². The first-order chi connectivity index (χ1) is 15.9. The van der Waals surface area contributed by atoms with E-state index in [1.807, 2.05) is 30.3 Å². The molecular weight excluding hydrogens is 440 g/mol. The monoisotopic (exact) mass is 466 g/mol. The van der Waals surface area contributed by atoms with Crippen LogP contribution in [0.4, 0.5) is 0 Å². The summed E-state index contributed by atoms with van der Waals surface area (Å²) in [5.74, 6) is -0.842. The Morgan fingerprint density at radius 1 is 1.09 bits per heavy atom. The fourth-order valence-electron chi connectivity index (χ4n) is 4.20.